The number of ether oxygens (including phenoxy) is 1. The Morgan fingerprint density at radius 2 is 1.96 bits per heavy atom. The highest BCUT2D eigenvalue weighted by atomic mass is 16.5. The summed E-state index contributed by atoms with van der Waals surface area (Å²) in [6.45, 7) is 5.50. The van der Waals surface area contributed by atoms with Gasteiger partial charge in [-0.25, -0.2) is 4.98 Å². The Kier molecular flexibility index (Phi) is 8.45. The fraction of sp³-hybridized carbons (Fsp3) is 0.381. The molecule has 3 N–H and O–H groups in total. The number of anilines is 1. The molecule has 0 bridgehead atoms. The number of aromatic nitrogens is 3. The van der Waals surface area contributed by atoms with E-state index >= 15 is 0 Å². The van der Waals surface area contributed by atoms with Crippen molar-refractivity contribution in [3.05, 3.63) is 54.6 Å². The van der Waals surface area contributed by atoms with Gasteiger partial charge in [0.05, 0.1) is 18.5 Å². The van der Waals surface area contributed by atoms with Crippen LogP contribution < -0.4 is 15.8 Å². The number of nitrogens with one attached hydrogen (secondary N) is 1. The number of para-hydroxylation sites is 1. The molecule has 0 aliphatic carbocycles. The van der Waals surface area contributed by atoms with Crippen molar-refractivity contribution >= 4 is 5.82 Å². The zero-order valence-corrected chi connectivity index (χ0v) is 16.4. The van der Waals surface area contributed by atoms with E-state index in [1.165, 1.54) is 0 Å². The minimum atomic E-state index is 0.400. The minimum absolute atomic E-state index is 0.400. The maximum atomic E-state index is 5.90. The number of nitrogens with zero attached hydrogens (tertiary/aromatic N) is 3. The van der Waals surface area contributed by atoms with E-state index in [9.17, 15) is 0 Å². The van der Waals surface area contributed by atoms with Gasteiger partial charge in [0.15, 0.2) is 0 Å². The highest BCUT2D eigenvalue weighted by Crippen LogP contribution is 2.28. The lowest BCUT2D eigenvalue weighted by Gasteiger charge is -2.16. The quantitative estimate of drug-likeness (QED) is 0.739. The Labute approximate surface area is 161 Å². The summed E-state index contributed by atoms with van der Waals surface area (Å²) >= 11 is 0. The number of rotatable bonds is 8. The normalized spacial score (nSPS) is 11.4. The van der Waals surface area contributed by atoms with Gasteiger partial charge in [0.25, 0.3) is 0 Å². The molecule has 2 aromatic rings. The molecule has 1 aromatic heterocycles. The first-order valence-corrected chi connectivity index (χ1v) is 9.28. The van der Waals surface area contributed by atoms with E-state index in [2.05, 4.69) is 22.2 Å². The average molecular weight is 367 g/mol. The number of benzene rings is 1. The van der Waals surface area contributed by atoms with Crippen LogP contribution in [0.5, 0.6) is 5.75 Å². The molecule has 1 unspecified atom stereocenters. The van der Waals surface area contributed by atoms with Gasteiger partial charge in [-0.15, -0.1) is 0 Å². The van der Waals surface area contributed by atoms with Crippen LogP contribution in [-0.2, 0) is 0 Å². The van der Waals surface area contributed by atoms with Crippen molar-refractivity contribution in [1.82, 2.24) is 15.0 Å². The molecule has 0 spiro atoms. The van der Waals surface area contributed by atoms with Crippen molar-refractivity contribution in [2.45, 2.75) is 26.7 Å². The molecule has 1 aromatic carbocycles. The molecular weight excluding hydrogens is 338 g/mol. The molecule has 0 radical (unpaired) electrons. The first-order chi connectivity index (χ1) is 13.2. The minimum Gasteiger partial charge on any atom is -0.496 e. The Morgan fingerprint density at radius 1 is 1.15 bits per heavy atom. The number of hydrogen-bond acceptors (Lipinski definition) is 6. The molecule has 2 rings (SSSR count). The second kappa shape index (κ2) is 11.1. The van der Waals surface area contributed by atoms with Crippen molar-refractivity contribution in [3.63, 3.8) is 0 Å². The van der Waals surface area contributed by atoms with Gasteiger partial charge in [-0.2, -0.15) is 0 Å². The summed E-state index contributed by atoms with van der Waals surface area (Å²) in [6, 6.07) is 9.67. The third kappa shape index (κ3) is 6.18. The number of methoxy groups -OCH3 is 1. The zero-order valence-electron chi connectivity index (χ0n) is 16.4. The Bertz CT molecular complexity index is 780. The standard InChI is InChI=1S/C21H29N5O/c1-4-7-17(14-22)15-25-21-16(2)24-13-12-23-11-10-19(26-21)18-8-5-6-9-20(18)27-3/h5-6,8-13,17H,4,7,14-15,22H2,1-3H3,(H,25,26). The maximum Gasteiger partial charge on any atom is 0.148 e. The lowest BCUT2D eigenvalue weighted by molar-refractivity contribution is 0.416. The first kappa shape index (κ1) is 20.6. The fourth-order valence-electron chi connectivity index (χ4n) is 2.77. The van der Waals surface area contributed by atoms with E-state index in [0.29, 0.717) is 12.5 Å². The monoisotopic (exact) mass is 367 g/mol. The van der Waals surface area contributed by atoms with E-state index in [1.807, 2.05) is 37.3 Å². The first-order valence-electron chi connectivity index (χ1n) is 9.28. The van der Waals surface area contributed by atoms with E-state index < -0.39 is 0 Å². The summed E-state index contributed by atoms with van der Waals surface area (Å²) < 4.78 is 5.50. The number of aryl methyl sites for hydroxylation is 1. The third-order valence-corrected chi connectivity index (χ3v) is 4.29. The van der Waals surface area contributed by atoms with E-state index in [-0.39, 0.29) is 0 Å². The van der Waals surface area contributed by atoms with Gasteiger partial charge >= 0.3 is 0 Å². The molecule has 0 amide bonds. The molecule has 27 heavy (non-hydrogen) atoms. The topological polar surface area (TPSA) is 86.0 Å². The molecule has 6 heteroatoms. The van der Waals surface area contributed by atoms with Gasteiger partial charge in [0, 0.05) is 30.7 Å². The van der Waals surface area contributed by atoms with Crippen LogP contribution in [0.1, 0.15) is 25.5 Å². The van der Waals surface area contributed by atoms with Gasteiger partial charge < -0.3 is 15.8 Å². The van der Waals surface area contributed by atoms with Gasteiger partial charge in [-0.1, -0.05) is 25.5 Å². The van der Waals surface area contributed by atoms with Gasteiger partial charge in [0.1, 0.15) is 11.6 Å². The van der Waals surface area contributed by atoms with Crippen LogP contribution in [0.2, 0.25) is 0 Å². The van der Waals surface area contributed by atoms with Crippen LogP contribution in [0, 0.1) is 12.8 Å². The van der Waals surface area contributed by atoms with Gasteiger partial charge in [0.2, 0.25) is 0 Å². The van der Waals surface area contributed by atoms with Crippen LogP contribution in [0.4, 0.5) is 5.82 Å². The predicted molar refractivity (Wildman–Crippen MR) is 110 cm³/mol. The van der Waals surface area contributed by atoms with E-state index in [4.69, 9.17) is 15.5 Å². The molecule has 1 atom stereocenters. The summed E-state index contributed by atoms with van der Waals surface area (Å²) in [4.78, 5) is 13.5. The summed E-state index contributed by atoms with van der Waals surface area (Å²) in [5, 5.41) is 3.44. The Morgan fingerprint density at radius 3 is 2.70 bits per heavy atom. The van der Waals surface area contributed by atoms with Crippen molar-refractivity contribution in [3.8, 4) is 17.0 Å². The lowest BCUT2D eigenvalue weighted by Crippen LogP contribution is -2.23. The third-order valence-electron chi connectivity index (χ3n) is 4.29. The summed E-state index contributed by atoms with van der Waals surface area (Å²) in [5.74, 6) is 1.88. The highest BCUT2D eigenvalue weighted by Gasteiger charge is 2.09. The number of hydrogen-bond donors (Lipinski definition) is 2. The molecule has 0 fully saturated rings. The predicted octanol–water partition coefficient (Wildman–Crippen LogP) is 3.77. The largest absolute Gasteiger partial charge is 0.496 e. The van der Waals surface area contributed by atoms with E-state index in [1.54, 1.807) is 25.7 Å². The lowest BCUT2D eigenvalue weighted by atomic mass is 10.0. The van der Waals surface area contributed by atoms with Crippen LogP contribution in [-0.4, -0.2) is 35.2 Å². The highest BCUT2D eigenvalue weighted by molar-refractivity contribution is 5.67. The maximum absolute atomic E-state index is 5.90. The zero-order chi connectivity index (χ0) is 19.5. The molecule has 0 aliphatic rings. The van der Waals surface area contributed by atoms with Gasteiger partial charge in [-0.05, 0) is 44.0 Å². The fourth-order valence-corrected chi connectivity index (χ4v) is 2.77. The molecule has 6 nitrogen and oxygen atoms in total. The van der Waals surface area contributed by atoms with Crippen molar-refractivity contribution in [1.29, 1.82) is 0 Å². The van der Waals surface area contributed by atoms with Crippen LogP contribution in [0.25, 0.3) is 11.3 Å². The summed E-state index contributed by atoms with van der Waals surface area (Å²) in [5.41, 5.74) is 8.34. The molecule has 0 saturated heterocycles. The summed E-state index contributed by atoms with van der Waals surface area (Å²) in [6.07, 6.45) is 7.21. The van der Waals surface area contributed by atoms with Crippen molar-refractivity contribution in [2.75, 3.05) is 25.5 Å². The molecule has 0 aliphatic heterocycles. The molecule has 144 valence electrons. The van der Waals surface area contributed by atoms with Crippen LogP contribution in [0.3, 0.4) is 0 Å². The Hall–Kier alpha value is -2.73. The molecular formula is C21H29N5O. The van der Waals surface area contributed by atoms with Crippen molar-refractivity contribution in [2.24, 2.45) is 11.7 Å². The second-order valence-electron chi connectivity index (χ2n) is 6.29. The van der Waals surface area contributed by atoms with Crippen LogP contribution in [0.15, 0.2) is 48.9 Å². The van der Waals surface area contributed by atoms with Gasteiger partial charge in [-0.3, -0.25) is 9.97 Å². The SMILES string of the molecule is CCCC(CN)CNc1nc(-c2ccccc2OC)ccnccnc1C. The second-order valence-corrected chi connectivity index (χ2v) is 6.29. The van der Waals surface area contributed by atoms with Crippen molar-refractivity contribution < 1.29 is 4.74 Å². The van der Waals surface area contributed by atoms with E-state index in [0.717, 1.165) is 47.9 Å². The molecule has 1 heterocycles. The average Bonchev–Trinajstić information content (AvgIpc) is 2.70. The summed E-state index contributed by atoms with van der Waals surface area (Å²) in [7, 11) is 1.66. The Balaban J connectivity index is 2.51. The van der Waals surface area contributed by atoms with Crippen LogP contribution >= 0.6 is 0 Å². The number of nitrogens with two attached hydrogens (primary N) is 1. The smallest absolute Gasteiger partial charge is 0.148 e. The molecule has 0 saturated carbocycles.